The van der Waals surface area contributed by atoms with Gasteiger partial charge in [-0.3, -0.25) is 14.5 Å². The zero-order chi connectivity index (χ0) is 39.5. The number of piperidine rings is 1. The van der Waals surface area contributed by atoms with Crippen molar-refractivity contribution in [1.82, 2.24) is 25.8 Å². The van der Waals surface area contributed by atoms with Crippen LogP contribution in [-0.2, 0) is 38.0 Å². The first-order valence-corrected chi connectivity index (χ1v) is 20.6. The van der Waals surface area contributed by atoms with Crippen LogP contribution in [0.25, 0.3) is 10.4 Å². The molecule has 2 fully saturated rings. The lowest BCUT2D eigenvalue weighted by Gasteiger charge is -2.36. The number of thiazole rings is 1. The Morgan fingerprint density at radius 3 is 2.05 bits per heavy atom. The summed E-state index contributed by atoms with van der Waals surface area (Å²) in [4.78, 5) is 33.9. The van der Waals surface area contributed by atoms with E-state index in [1.54, 1.807) is 11.3 Å². The van der Waals surface area contributed by atoms with Crippen molar-refractivity contribution in [3.63, 3.8) is 0 Å². The summed E-state index contributed by atoms with van der Waals surface area (Å²) in [5, 5.41) is 20.2. The van der Waals surface area contributed by atoms with Crippen molar-refractivity contribution in [2.24, 2.45) is 5.41 Å². The lowest BCUT2D eigenvalue weighted by atomic mass is 9.86. The number of carbonyl (C=O) groups is 2. The van der Waals surface area contributed by atoms with Crippen LogP contribution < -0.4 is 16.0 Å². The Labute approximate surface area is 331 Å². The second kappa shape index (κ2) is 24.3. The number of aromatic nitrogens is 1. The monoisotopic (exact) mass is 791 g/mol. The van der Waals surface area contributed by atoms with Crippen LogP contribution >= 0.6 is 11.3 Å². The molecule has 0 bridgehead atoms. The molecule has 14 nitrogen and oxygen atoms in total. The smallest absolute Gasteiger partial charge is 0.246 e. The van der Waals surface area contributed by atoms with E-state index in [1.807, 2.05) is 57.2 Å². The summed E-state index contributed by atoms with van der Waals surface area (Å²) in [5.41, 5.74) is 4.63. The molecule has 1 aromatic carbocycles. The highest BCUT2D eigenvalue weighted by Crippen LogP contribution is 2.29. The minimum absolute atomic E-state index is 0.107. The molecule has 2 amide bonds. The second-order valence-corrected chi connectivity index (χ2v) is 16.1. The molecule has 0 unspecified atom stereocenters. The van der Waals surface area contributed by atoms with Crippen molar-refractivity contribution in [2.75, 3.05) is 98.9 Å². The van der Waals surface area contributed by atoms with Gasteiger partial charge in [-0.2, -0.15) is 0 Å². The highest BCUT2D eigenvalue weighted by atomic mass is 32.1. The molecule has 2 aromatic rings. The molecular formula is C40H65N5O9S. The molecule has 3 heterocycles. The quantitative estimate of drug-likeness (QED) is 0.109. The van der Waals surface area contributed by atoms with Crippen LogP contribution in [0.3, 0.4) is 0 Å². The molecule has 2 saturated heterocycles. The number of β-amino-alcohol motifs (C(OH)–C–C–N with tert-alkyl or cyclic N) is 1. The molecule has 4 N–H and O–H groups in total. The van der Waals surface area contributed by atoms with E-state index in [0.717, 1.165) is 47.6 Å². The summed E-state index contributed by atoms with van der Waals surface area (Å²) in [6, 6.07) is 7.16. The van der Waals surface area contributed by atoms with Gasteiger partial charge in [0.15, 0.2) is 0 Å². The molecule has 0 radical (unpaired) electrons. The van der Waals surface area contributed by atoms with Gasteiger partial charge in [-0.15, -0.1) is 11.3 Å². The number of benzene rings is 1. The van der Waals surface area contributed by atoms with E-state index < -0.39 is 12.1 Å². The van der Waals surface area contributed by atoms with E-state index in [0.29, 0.717) is 85.1 Å². The van der Waals surface area contributed by atoms with Gasteiger partial charge in [0.2, 0.25) is 11.8 Å². The molecule has 15 heteroatoms. The van der Waals surface area contributed by atoms with E-state index in [2.05, 4.69) is 33.1 Å². The predicted octanol–water partition coefficient (Wildman–Crippen LogP) is 3.11. The average molecular weight is 792 g/mol. The Kier molecular flexibility index (Phi) is 19.9. The molecule has 0 spiro atoms. The van der Waals surface area contributed by atoms with Crippen molar-refractivity contribution in [2.45, 2.75) is 84.2 Å². The number of nitrogens with zero attached hydrogens (tertiary/aromatic N) is 2. The number of aliphatic hydroxyl groups excluding tert-OH is 1. The van der Waals surface area contributed by atoms with Gasteiger partial charge in [0.25, 0.3) is 0 Å². The Hall–Kier alpha value is -2.57. The Balaban J connectivity index is 1.04. The van der Waals surface area contributed by atoms with Crippen LogP contribution in [0.1, 0.15) is 64.3 Å². The van der Waals surface area contributed by atoms with Crippen LogP contribution in [0.15, 0.2) is 29.8 Å². The fourth-order valence-electron chi connectivity index (χ4n) is 6.54. The van der Waals surface area contributed by atoms with E-state index in [9.17, 15) is 14.7 Å². The van der Waals surface area contributed by atoms with Crippen LogP contribution in [0.2, 0.25) is 0 Å². The summed E-state index contributed by atoms with van der Waals surface area (Å²) in [6.07, 6.45) is 2.17. The maximum absolute atomic E-state index is 13.5. The van der Waals surface area contributed by atoms with Crippen LogP contribution in [0.5, 0.6) is 0 Å². The maximum atomic E-state index is 13.5. The number of aliphatic hydroxyl groups is 1. The lowest BCUT2D eigenvalue weighted by Crippen LogP contribution is -2.54. The first-order valence-electron chi connectivity index (χ1n) is 19.7. The minimum Gasteiger partial charge on any atom is -0.392 e. The maximum Gasteiger partial charge on any atom is 0.246 e. The molecule has 2 aliphatic rings. The number of amides is 2. The SMILES string of the molecule is Cc1ncsc1-c1ccc([C@H](C)NC(=O)[C@@H]2C[C@@H](O)CN2C[C@@H](NC(=O)COCCOCCOCCOCCOCCOC2CCNCC2)C(C)(C)C)cc1. The van der Waals surface area contributed by atoms with Crippen molar-refractivity contribution >= 4 is 23.2 Å². The standard InChI is InChI=1S/C40H65N5O9S/c1-29(31-6-8-32(9-7-31)38-30(2)42-28-55-38)43-39(48)35-24-33(46)25-45(35)26-36(40(3,4)5)44-37(47)27-53-21-20-51-17-16-49-14-15-50-18-19-52-22-23-54-34-10-12-41-13-11-34/h6-9,28-29,33-36,41,46H,10-27H2,1-5H3,(H,43,48)(H,44,47)/t29-,33+,35-,36+/m0/s1. The summed E-state index contributed by atoms with van der Waals surface area (Å²) < 4.78 is 33.6. The predicted molar refractivity (Wildman–Crippen MR) is 212 cm³/mol. The number of hydrogen-bond donors (Lipinski definition) is 4. The Morgan fingerprint density at radius 1 is 0.909 bits per heavy atom. The number of likely N-dealkylation sites (tertiary alicyclic amines) is 1. The number of nitrogens with one attached hydrogen (secondary N) is 3. The third-order valence-electron chi connectivity index (χ3n) is 9.85. The summed E-state index contributed by atoms with van der Waals surface area (Å²) in [7, 11) is 0. The average Bonchev–Trinajstić information content (AvgIpc) is 3.77. The first kappa shape index (κ1) is 45.1. The first-order chi connectivity index (χ1) is 26.5. The topological polar surface area (TPSA) is 162 Å². The van der Waals surface area contributed by atoms with Crippen molar-refractivity contribution in [3.05, 3.63) is 41.0 Å². The molecule has 0 aliphatic carbocycles. The van der Waals surface area contributed by atoms with Gasteiger partial charge in [-0.05, 0) is 62.7 Å². The second-order valence-electron chi connectivity index (χ2n) is 15.3. The molecule has 4 rings (SSSR count). The van der Waals surface area contributed by atoms with Gasteiger partial charge in [-0.1, -0.05) is 45.0 Å². The number of carbonyl (C=O) groups excluding carboxylic acids is 2. The minimum atomic E-state index is -0.628. The Morgan fingerprint density at radius 2 is 1.49 bits per heavy atom. The molecule has 1 aromatic heterocycles. The number of ether oxygens (including phenoxy) is 6. The fourth-order valence-corrected chi connectivity index (χ4v) is 7.35. The van der Waals surface area contributed by atoms with Gasteiger partial charge in [0, 0.05) is 19.1 Å². The zero-order valence-corrected chi connectivity index (χ0v) is 34.3. The summed E-state index contributed by atoms with van der Waals surface area (Å²) >= 11 is 1.61. The molecular weight excluding hydrogens is 727 g/mol. The molecule has 55 heavy (non-hydrogen) atoms. The zero-order valence-electron chi connectivity index (χ0n) is 33.5. The molecule has 4 atom stereocenters. The number of rotatable bonds is 25. The fraction of sp³-hybridized carbons (Fsp3) is 0.725. The number of hydrogen-bond acceptors (Lipinski definition) is 13. The van der Waals surface area contributed by atoms with E-state index in [1.165, 1.54) is 0 Å². The normalized spacial score (nSPS) is 19.4. The van der Waals surface area contributed by atoms with Crippen LogP contribution in [0.4, 0.5) is 0 Å². The van der Waals surface area contributed by atoms with Crippen LogP contribution in [0, 0.1) is 12.3 Å². The van der Waals surface area contributed by atoms with Gasteiger partial charge in [0.05, 0.1) is 106 Å². The third-order valence-corrected chi connectivity index (χ3v) is 10.8. The van der Waals surface area contributed by atoms with Gasteiger partial charge >= 0.3 is 0 Å². The lowest BCUT2D eigenvalue weighted by molar-refractivity contribution is -0.128. The highest BCUT2D eigenvalue weighted by Gasteiger charge is 2.39. The molecule has 310 valence electrons. The molecule has 0 saturated carbocycles. The summed E-state index contributed by atoms with van der Waals surface area (Å²) in [6.45, 7) is 17.4. The third kappa shape index (κ3) is 16.4. The van der Waals surface area contributed by atoms with Gasteiger partial charge < -0.3 is 49.5 Å². The van der Waals surface area contributed by atoms with Crippen molar-refractivity contribution in [1.29, 1.82) is 0 Å². The largest absolute Gasteiger partial charge is 0.392 e. The van der Waals surface area contributed by atoms with E-state index >= 15 is 0 Å². The van der Waals surface area contributed by atoms with Crippen LogP contribution in [-0.4, -0.2) is 150 Å². The van der Waals surface area contributed by atoms with Gasteiger partial charge in [-0.25, -0.2) is 4.98 Å². The van der Waals surface area contributed by atoms with E-state index in [-0.39, 0.29) is 42.5 Å². The molecule has 2 aliphatic heterocycles. The highest BCUT2D eigenvalue weighted by molar-refractivity contribution is 7.13. The number of aryl methyl sites for hydroxylation is 1. The van der Waals surface area contributed by atoms with Crippen molar-refractivity contribution in [3.8, 4) is 10.4 Å². The van der Waals surface area contributed by atoms with E-state index in [4.69, 9.17) is 28.4 Å². The van der Waals surface area contributed by atoms with Crippen molar-refractivity contribution < 1.29 is 43.1 Å². The van der Waals surface area contributed by atoms with Gasteiger partial charge in [0.1, 0.15) is 6.61 Å². The Bertz CT molecular complexity index is 1390. The summed E-state index contributed by atoms with van der Waals surface area (Å²) in [5.74, 6) is -0.386.